The Hall–Kier alpha value is -1.50. The van der Waals surface area contributed by atoms with Crippen molar-refractivity contribution in [1.29, 1.82) is 5.26 Å². The highest BCUT2D eigenvalue weighted by molar-refractivity contribution is 5.82. The molecule has 4 nitrogen and oxygen atoms in total. The molecular formula is C9H15NO3. The van der Waals surface area contributed by atoms with Gasteiger partial charge in [0, 0.05) is 6.57 Å². The van der Waals surface area contributed by atoms with E-state index >= 15 is 0 Å². The van der Waals surface area contributed by atoms with Crippen LogP contribution in [0.5, 0.6) is 0 Å². The molecule has 0 aliphatic heterocycles. The number of allylic oxidation sites excluding steroid dienone is 1. The lowest BCUT2D eigenvalue weighted by Gasteiger charge is -2.01. The first kappa shape index (κ1) is 14.0. The number of nitriles is 1. The van der Waals surface area contributed by atoms with E-state index in [1.54, 1.807) is 13.8 Å². The molecule has 0 bridgehead atoms. The van der Waals surface area contributed by atoms with E-state index in [2.05, 4.69) is 11.3 Å². The second-order valence-corrected chi connectivity index (χ2v) is 1.94. The van der Waals surface area contributed by atoms with Crippen LogP contribution in [0.25, 0.3) is 0 Å². The molecule has 0 fully saturated rings. The lowest BCUT2D eigenvalue weighted by atomic mass is 10.5. The van der Waals surface area contributed by atoms with Gasteiger partial charge in [-0.05, 0) is 20.8 Å². The molecular weight excluding hydrogens is 170 g/mol. The van der Waals surface area contributed by atoms with Gasteiger partial charge in [-0.1, -0.05) is 0 Å². The van der Waals surface area contributed by atoms with Gasteiger partial charge in [0.25, 0.3) is 0 Å². The maximum absolute atomic E-state index is 10.7. The molecule has 0 aromatic heterocycles. The van der Waals surface area contributed by atoms with E-state index in [1.165, 1.54) is 6.08 Å². The topological polar surface area (TPSA) is 59.3 Å². The Kier molecular flexibility index (Phi) is 11.3. The van der Waals surface area contributed by atoms with Gasteiger partial charge in [0.1, 0.15) is 5.76 Å². The number of rotatable bonds is 4. The Labute approximate surface area is 78.8 Å². The Morgan fingerprint density at radius 2 is 1.77 bits per heavy atom. The molecule has 0 aromatic rings. The van der Waals surface area contributed by atoms with Crippen LogP contribution < -0.4 is 0 Å². The number of carbonyl (C=O) groups is 1. The molecule has 0 N–H and O–H groups in total. The van der Waals surface area contributed by atoms with Gasteiger partial charge in [0.05, 0.1) is 19.3 Å². The monoisotopic (exact) mass is 185 g/mol. The van der Waals surface area contributed by atoms with E-state index < -0.39 is 0 Å². The van der Waals surface area contributed by atoms with Crippen molar-refractivity contribution in [2.24, 2.45) is 0 Å². The number of carbonyl (C=O) groups excluding carboxylic acids is 1. The van der Waals surface area contributed by atoms with E-state index in [-0.39, 0.29) is 5.97 Å². The lowest BCUT2D eigenvalue weighted by molar-refractivity contribution is -0.137. The fourth-order valence-corrected chi connectivity index (χ4v) is 0.619. The van der Waals surface area contributed by atoms with Crippen molar-refractivity contribution in [3.8, 4) is 6.57 Å². The maximum atomic E-state index is 10.7. The fourth-order valence-electron chi connectivity index (χ4n) is 0.619. The van der Waals surface area contributed by atoms with Crippen LogP contribution in [0.3, 0.4) is 0 Å². The molecule has 0 saturated carbocycles. The molecule has 0 atom stereocenters. The first-order chi connectivity index (χ1) is 6.20. The second kappa shape index (κ2) is 10.5. The van der Waals surface area contributed by atoms with Crippen LogP contribution in [0.1, 0.15) is 20.8 Å². The minimum atomic E-state index is -0.349. The summed E-state index contributed by atoms with van der Waals surface area (Å²) < 4.78 is 9.68. The van der Waals surface area contributed by atoms with Crippen LogP contribution in [0.4, 0.5) is 0 Å². The van der Waals surface area contributed by atoms with Gasteiger partial charge in [-0.25, -0.2) is 10.1 Å². The third-order valence-electron chi connectivity index (χ3n) is 0.980. The number of ether oxygens (including phenoxy) is 2. The van der Waals surface area contributed by atoms with Gasteiger partial charge in [0.15, 0.2) is 0 Å². The van der Waals surface area contributed by atoms with E-state index in [1.807, 2.05) is 6.92 Å². The smallest absolute Gasteiger partial charge is 0.334 e. The summed E-state index contributed by atoms with van der Waals surface area (Å²) in [5, 5.41) is 6.50. The predicted octanol–water partition coefficient (Wildman–Crippen LogP) is 1.63. The lowest BCUT2D eigenvalue weighted by Crippen LogP contribution is -2.01. The van der Waals surface area contributed by atoms with Crippen molar-refractivity contribution < 1.29 is 14.3 Å². The molecule has 0 rings (SSSR count). The Morgan fingerprint density at radius 1 is 1.31 bits per heavy atom. The molecule has 4 heteroatoms. The summed E-state index contributed by atoms with van der Waals surface area (Å²) in [5.74, 6) is 0.240. The third-order valence-corrected chi connectivity index (χ3v) is 0.980. The summed E-state index contributed by atoms with van der Waals surface area (Å²) in [4.78, 5) is 10.7. The fraction of sp³-hybridized carbons (Fsp3) is 0.556. The van der Waals surface area contributed by atoms with E-state index in [9.17, 15) is 4.79 Å². The number of hydrogen-bond acceptors (Lipinski definition) is 4. The van der Waals surface area contributed by atoms with Gasteiger partial charge in [0.2, 0.25) is 0 Å². The quantitative estimate of drug-likeness (QED) is 0.379. The molecule has 0 unspecified atom stereocenters. The van der Waals surface area contributed by atoms with Crippen LogP contribution in [0.15, 0.2) is 11.8 Å². The van der Waals surface area contributed by atoms with Crippen molar-refractivity contribution in [2.45, 2.75) is 20.8 Å². The van der Waals surface area contributed by atoms with Crippen LogP contribution >= 0.6 is 0 Å². The Morgan fingerprint density at radius 3 is 2.15 bits per heavy atom. The largest absolute Gasteiger partial charge is 0.498 e. The van der Waals surface area contributed by atoms with Gasteiger partial charge < -0.3 is 9.47 Å². The minimum Gasteiger partial charge on any atom is -0.498 e. The van der Waals surface area contributed by atoms with Gasteiger partial charge in [-0.3, -0.25) is 0 Å². The van der Waals surface area contributed by atoms with Crippen molar-refractivity contribution >= 4 is 5.97 Å². The zero-order valence-electron chi connectivity index (χ0n) is 8.24. The zero-order valence-corrected chi connectivity index (χ0v) is 8.24. The molecule has 13 heavy (non-hydrogen) atoms. The third kappa shape index (κ3) is 10.5. The average molecular weight is 185 g/mol. The molecule has 0 amide bonds. The predicted molar refractivity (Wildman–Crippen MR) is 48.7 cm³/mol. The van der Waals surface area contributed by atoms with Crippen LogP contribution in [-0.4, -0.2) is 19.2 Å². The molecule has 0 aliphatic carbocycles. The number of esters is 1. The Balaban J connectivity index is 0. The minimum absolute atomic E-state index is 0.349. The summed E-state index contributed by atoms with van der Waals surface area (Å²) in [6.45, 7) is 9.82. The molecule has 0 radical (unpaired) electrons. The molecule has 0 aliphatic rings. The molecule has 0 spiro atoms. The maximum Gasteiger partial charge on any atom is 0.334 e. The van der Waals surface area contributed by atoms with Gasteiger partial charge >= 0.3 is 5.97 Å². The average Bonchev–Trinajstić information content (AvgIpc) is 2.08. The van der Waals surface area contributed by atoms with E-state index in [0.717, 1.165) is 0 Å². The molecule has 0 saturated heterocycles. The van der Waals surface area contributed by atoms with Crippen molar-refractivity contribution in [1.82, 2.24) is 0 Å². The second-order valence-electron chi connectivity index (χ2n) is 1.94. The van der Waals surface area contributed by atoms with Crippen LogP contribution in [0, 0.1) is 11.8 Å². The van der Waals surface area contributed by atoms with Crippen LogP contribution in [-0.2, 0) is 14.3 Å². The van der Waals surface area contributed by atoms with Crippen LogP contribution in [0.2, 0.25) is 0 Å². The van der Waals surface area contributed by atoms with Crippen molar-refractivity contribution in [3.63, 3.8) is 0 Å². The summed E-state index contributed by atoms with van der Waals surface area (Å²) in [5.41, 5.74) is 0. The molecule has 74 valence electrons. The van der Waals surface area contributed by atoms with Gasteiger partial charge in [-0.2, -0.15) is 0 Å². The van der Waals surface area contributed by atoms with Gasteiger partial charge in [-0.15, -0.1) is 0 Å². The highest BCUT2D eigenvalue weighted by Gasteiger charge is 1.96. The molecule has 0 aromatic carbocycles. The highest BCUT2D eigenvalue weighted by Crippen LogP contribution is 1.95. The highest BCUT2D eigenvalue weighted by atomic mass is 16.5. The summed E-state index contributed by atoms with van der Waals surface area (Å²) in [6, 6.07) is 0. The zero-order chi connectivity index (χ0) is 10.7. The normalized spacial score (nSPS) is 9.46. The van der Waals surface area contributed by atoms with Crippen molar-refractivity contribution in [2.75, 3.05) is 13.2 Å². The summed E-state index contributed by atoms with van der Waals surface area (Å²) >= 11 is 0. The Bertz CT molecular complexity index is 185. The van der Waals surface area contributed by atoms with E-state index in [4.69, 9.17) is 10.00 Å². The SMILES string of the molecule is C#N.CCOC(=O)/C=C(\C)OCC. The number of hydrogen-bond donors (Lipinski definition) is 0. The summed E-state index contributed by atoms with van der Waals surface area (Å²) in [6.07, 6.45) is 1.34. The molecule has 0 heterocycles. The summed E-state index contributed by atoms with van der Waals surface area (Å²) in [7, 11) is 0. The standard InChI is InChI=1S/C8H14O3.CHN/c1-4-10-7(3)6-8(9)11-5-2;1-2/h6H,4-5H2,1-3H3;1H/b7-6+;. The number of nitrogens with zero attached hydrogens (tertiary/aromatic N) is 1. The first-order valence-corrected chi connectivity index (χ1v) is 3.94. The first-order valence-electron chi connectivity index (χ1n) is 3.94. The van der Waals surface area contributed by atoms with Crippen molar-refractivity contribution in [3.05, 3.63) is 11.8 Å². The van der Waals surface area contributed by atoms with E-state index in [0.29, 0.717) is 19.0 Å².